The van der Waals surface area contributed by atoms with Crippen molar-refractivity contribution in [1.82, 2.24) is 4.98 Å². The van der Waals surface area contributed by atoms with Gasteiger partial charge in [-0.15, -0.1) is 0 Å². The van der Waals surface area contributed by atoms with E-state index in [0.717, 1.165) is 4.47 Å². The van der Waals surface area contributed by atoms with E-state index in [9.17, 15) is 4.79 Å². The van der Waals surface area contributed by atoms with Gasteiger partial charge < -0.3 is 5.32 Å². The molecule has 2 aromatic rings. The molecule has 0 aliphatic carbocycles. The lowest BCUT2D eigenvalue weighted by Gasteiger charge is -2.07. The number of nitrogens with one attached hydrogen (secondary N) is 1. The normalized spacial score (nSPS) is 10.2. The molecule has 0 unspecified atom stereocenters. The fourth-order valence-corrected chi connectivity index (χ4v) is 1.99. The summed E-state index contributed by atoms with van der Waals surface area (Å²) in [6.45, 7) is 0. The highest BCUT2D eigenvalue weighted by Gasteiger charge is 2.10. The van der Waals surface area contributed by atoms with Crippen molar-refractivity contribution in [2.24, 2.45) is 0 Å². The summed E-state index contributed by atoms with van der Waals surface area (Å²) in [5.41, 5.74) is 0.823. The van der Waals surface area contributed by atoms with Crippen molar-refractivity contribution >= 4 is 50.7 Å². The van der Waals surface area contributed by atoms with Crippen LogP contribution in [0.25, 0.3) is 0 Å². The fourth-order valence-electron chi connectivity index (χ4n) is 1.31. The minimum atomic E-state index is -0.347. The fraction of sp³-hybridized carbons (Fsp3) is 0. The zero-order chi connectivity index (χ0) is 13.1. The van der Waals surface area contributed by atoms with E-state index >= 15 is 0 Å². The molecule has 0 aliphatic heterocycles. The number of nitrogens with zero attached hydrogens (tertiary/aromatic N) is 1. The summed E-state index contributed by atoms with van der Waals surface area (Å²) >= 11 is 15.0. The summed E-state index contributed by atoms with van der Waals surface area (Å²) in [6.07, 6.45) is 1.48. The smallest absolute Gasteiger partial charge is 0.274 e. The van der Waals surface area contributed by atoms with E-state index in [2.05, 4.69) is 26.2 Å². The first-order chi connectivity index (χ1) is 8.56. The molecule has 0 saturated heterocycles. The maximum atomic E-state index is 11.9. The summed E-state index contributed by atoms with van der Waals surface area (Å²) in [5, 5.41) is 3.70. The maximum absolute atomic E-state index is 11.9. The molecule has 1 N–H and O–H groups in total. The van der Waals surface area contributed by atoms with Crippen LogP contribution in [0.4, 0.5) is 5.69 Å². The van der Waals surface area contributed by atoms with Gasteiger partial charge in [0.05, 0.1) is 5.69 Å². The Balaban J connectivity index is 2.24. The monoisotopic (exact) mass is 344 g/mol. The highest BCUT2D eigenvalue weighted by molar-refractivity contribution is 9.10. The van der Waals surface area contributed by atoms with Gasteiger partial charge in [0.2, 0.25) is 0 Å². The number of rotatable bonds is 2. The molecule has 1 aromatic heterocycles. The number of carbonyl (C=O) groups excluding carboxylic acids is 1. The number of anilines is 1. The van der Waals surface area contributed by atoms with Crippen LogP contribution in [-0.2, 0) is 0 Å². The zero-order valence-electron chi connectivity index (χ0n) is 8.95. The molecule has 1 heterocycles. The second-order valence-electron chi connectivity index (χ2n) is 3.44. The van der Waals surface area contributed by atoms with Crippen molar-refractivity contribution < 1.29 is 4.79 Å². The van der Waals surface area contributed by atoms with E-state index in [4.69, 9.17) is 23.2 Å². The maximum Gasteiger partial charge on any atom is 0.274 e. The number of benzene rings is 1. The average Bonchev–Trinajstić information content (AvgIpc) is 2.34. The van der Waals surface area contributed by atoms with Gasteiger partial charge in [0, 0.05) is 20.7 Å². The van der Waals surface area contributed by atoms with Crippen molar-refractivity contribution in [2.75, 3.05) is 5.32 Å². The Morgan fingerprint density at radius 3 is 2.61 bits per heavy atom. The Morgan fingerprint density at radius 1 is 1.17 bits per heavy atom. The van der Waals surface area contributed by atoms with Crippen LogP contribution >= 0.6 is 39.1 Å². The Kier molecular flexibility index (Phi) is 4.22. The van der Waals surface area contributed by atoms with Crippen molar-refractivity contribution in [3.8, 4) is 0 Å². The highest BCUT2D eigenvalue weighted by Crippen LogP contribution is 2.26. The molecule has 0 radical (unpaired) electrons. The largest absolute Gasteiger partial charge is 0.320 e. The van der Waals surface area contributed by atoms with Gasteiger partial charge in [-0.1, -0.05) is 23.2 Å². The minimum Gasteiger partial charge on any atom is -0.320 e. The Labute approximate surface area is 122 Å². The van der Waals surface area contributed by atoms with Crippen LogP contribution in [0.5, 0.6) is 0 Å². The first-order valence-electron chi connectivity index (χ1n) is 4.94. The summed E-state index contributed by atoms with van der Waals surface area (Å²) < 4.78 is 0.738. The molecule has 92 valence electrons. The molecule has 0 spiro atoms. The average molecular weight is 346 g/mol. The Morgan fingerprint density at radius 2 is 1.89 bits per heavy atom. The number of carbonyl (C=O) groups is 1. The van der Waals surface area contributed by atoms with Crippen LogP contribution < -0.4 is 5.32 Å². The standard InChI is InChI=1S/C12H7BrCl2N2O/c13-9-2-1-7(14)5-10(9)17-12(18)11-6-8(15)3-4-16-11/h1-6H,(H,17,18). The number of hydrogen-bond donors (Lipinski definition) is 1. The second kappa shape index (κ2) is 5.69. The molecule has 2 rings (SSSR count). The molecule has 0 bridgehead atoms. The zero-order valence-corrected chi connectivity index (χ0v) is 12.1. The van der Waals surface area contributed by atoms with Gasteiger partial charge in [0.1, 0.15) is 5.69 Å². The minimum absolute atomic E-state index is 0.245. The van der Waals surface area contributed by atoms with Gasteiger partial charge in [0.25, 0.3) is 5.91 Å². The van der Waals surface area contributed by atoms with Crippen molar-refractivity contribution in [3.63, 3.8) is 0 Å². The topological polar surface area (TPSA) is 42.0 Å². The third-order valence-electron chi connectivity index (χ3n) is 2.13. The Hall–Kier alpha value is -1.10. The van der Waals surface area contributed by atoms with Crippen molar-refractivity contribution in [1.29, 1.82) is 0 Å². The molecular formula is C12H7BrCl2N2O. The summed E-state index contributed by atoms with van der Waals surface area (Å²) in [4.78, 5) is 15.9. The first kappa shape index (κ1) is 13.3. The van der Waals surface area contributed by atoms with Gasteiger partial charge >= 0.3 is 0 Å². The second-order valence-corrected chi connectivity index (χ2v) is 5.16. The Bertz CT molecular complexity index is 604. The lowest BCUT2D eigenvalue weighted by molar-refractivity contribution is 0.102. The molecule has 0 fully saturated rings. The third-order valence-corrected chi connectivity index (χ3v) is 3.29. The number of halogens is 3. The molecule has 1 amide bonds. The van der Waals surface area contributed by atoms with Crippen LogP contribution in [0.2, 0.25) is 10.0 Å². The molecule has 0 saturated carbocycles. The van der Waals surface area contributed by atoms with Gasteiger partial charge in [-0.25, -0.2) is 0 Å². The van der Waals surface area contributed by atoms with Gasteiger partial charge in [-0.05, 0) is 46.3 Å². The lowest BCUT2D eigenvalue weighted by Crippen LogP contribution is -2.13. The van der Waals surface area contributed by atoms with Gasteiger partial charge in [-0.3, -0.25) is 9.78 Å². The van der Waals surface area contributed by atoms with Crippen LogP contribution in [0.3, 0.4) is 0 Å². The SMILES string of the molecule is O=C(Nc1cc(Cl)ccc1Br)c1cc(Cl)ccn1. The highest BCUT2D eigenvalue weighted by atomic mass is 79.9. The summed E-state index contributed by atoms with van der Waals surface area (Å²) in [6, 6.07) is 8.22. The van der Waals surface area contributed by atoms with E-state index < -0.39 is 0 Å². The van der Waals surface area contributed by atoms with Crippen LogP contribution in [0, 0.1) is 0 Å². The van der Waals surface area contributed by atoms with Crippen LogP contribution in [0.1, 0.15) is 10.5 Å². The van der Waals surface area contributed by atoms with E-state index in [1.165, 1.54) is 12.3 Å². The van der Waals surface area contributed by atoms with Gasteiger partial charge in [0.15, 0.2) is 0 Å². The molecule has 18 heavy (non-hydrogen) atoms. The van der Waals surface area contributed by atoms with Crippen LogP contribution in [0.15, 0.2) is 41.0 Å². The molecule has 0 atom stereocenters. The summed E-state index contributed by atoms with van der Waals surface area (Å²) in [5.74, 6) is -0.347. The number of hydrogen-bond acceptors (Lipinski definition) is 2. The van der Waals surface area contributed by atoms with E-state index in [1.54, 1.807) is 24.3 Å². The molecule has 6 heteroatoms. The molecule has 0 aliphatic rings. The first-order valence-corrected chi connectivity index (χ1v) is 6.49. The third kappa shape index (κ3) is 3.22. The molecule has 1 aromatic carbocycles. The molecular weight excluding hydrogens is 339 g/mol. The van der Waals surface area contributed by atoms with E-state index in [-0.39, 0.29) is 11.6 Å². The number of aromatic nitrogens is 1. The molecule has 3 nitrogen and oxygen atoms in total. The van der Waals surface area contributed by atoms with Crippen molar-refractivity contribution in [3.05, 3.63) is 56.7 Å². The predicted molar refractivity (Wildman–Crippen MR) is 76.4 cm³/mol. The number of amides is 1. The summed E-state index contributed by atoms with van der Waals surface area (Å²) in [7, 11) is 0. The lowest BCUT2D eigenvalue weighted by atomic mass is 10.3. The van der Waals surface area contributed by atoms with Gasteiger partial charge in [-0.2, -0.15) is 0 Å². The van der Waals surface area contributed by atoms with Crippen LogP contribution in [-0.4, -0.2) is 10.9 Å². The quantitative estimate of drug-likeness (QED) is 0.876. The van der Waals surface area contributed by atoms with Crippen molar-refractivity contribution in [2.45, 2.75) is 0 Å². The predicted octanol–water partition coefficient (Wildman–Crippen LogP) is 4.40. The van der Waals surface area contributed by atoms with E-state index in [1.807, 2.05) is 0 Å². The van der Waals surface area contributed by atoms with E-state index in [0.29, 0.717) is 15.7 Å². The number of pyridine rings is 1.